The summed E-state index contributed by atoms with van der Waals surface area (Å²) < 4.78 is 6.51. The summed E-state index contributed by atoms with van der Waals surface area (Å²) in [4.78, 5) is 14.0. The molecule has 0 aliphatic heterocycles. The molecule has 0 radical (unpaired) electrons. The highest BCUT2D eigenvalue weighted by molar-refractivity contribution is 7.19. The summed E-state index contributed by atoms with van der Waals surface area (Å²) in [7, 11) is 2.22. The Morgan fingerprint density at radius 1 is 1.13 bits per heavy atom. The lowest BCUT2D eigenvalue weighted by molar-refractivity contribution is 0.142. The van der Waals surface area contributed by atoms with Crippen molar-refractivity contribution in [3.63, 3.8) is 0 Å². The van der Waals surface area contributed by atoms with Gasteiger partial charge in [0, 0.05) is 30.3 Å². The molecule has 2 aliphatic carbocycles. The summed E-state index contributed by atoms with van der Waals surface area (Å²) in [6, 6.07) is 9.18. The Morgan fingerprint density at radius 2 is 1.94 bits per heavy atom. The first-order valence-electron chi connectivity index (χ1n) is 11.5. The molecule has 5 nitrogen and oxygen atoms in total. The van der Waals surface area contributed by atoms with Gasteiger partial charge in [-0.15, -0.1) is 11.3 Å². The van der Waals surface area contributed by atoms with Crippen molar-refractivity contribution in [1.29, 1.82) is 0 Å². The van der Waals surface area contributed by atoms with Gasteiger partial charge in [0.25, 0.3) is 0 Å². The molecule has 31 heavy (non-hydrogen) atoms. The minimum Gasteiger partial charge on any atom is -0.474 e. The molecule has 3 aromatic rings. The second-order valence-electron chi connectivity index (χ2n) is 8.99. The first-order chi connectivity index (χ1) is 15.2. The number of anilines is 1. The Kier molecular flexibility index (Phi) is 5.85. The van der Waals surface area contributed by atoms with E-state index in [4.69, 9.17) is 4.74 Å². The lowest BCUT2D eigenvalue weighted by Crippen LogP contribution is -2.38. The van der Waals surface area contributed by atoms with Crippen LogP contribution < -0.4 is 9.64 Å². The number of ether oxygens (including phenoxy) is 1. The fourth-order valence-corrected chi connectivity index (χ4v) is 6.67. The number of benzene rings is 1. The SMILES string of the molecule is Cc1ccccc1N(C)C1CCC(Oc2ncnc3sc4c(c23)C(CCO)CC4)CC1. The van der Waals surface area contributed by atoms with E-state index in [9.17, 15) is 5.11 Å². The van der Waals surface area contributed by atoms with E-state index < -0.39 is 0 Å². The molecule has 2 aromatic heterocycles. The average Bonchev–Trinajstić information content (AvgIpc) is 3.34. The molecular weight excluding hydrogens is 406 g/mol. The van der Waals surface area contributed by atoms with Gasteiger partial charge in [0.2, 0.25) is 5.88 Å². The lowest BCUT2D eigenvalue weighted by Gasteiger charge is -2.36. The Bertz CT molecular complexity index is 1060. The van der Waals surface area contributed by atoms with E-state index in [0.717, 1.165) is 61.0 Å². The number of thiophene rings is 1. The van der Waals surface area contributed by atoms with Crippen LogP contribution in [0.15, 0.2) is 30.6 Å². The maximum absolute atomic E-state index is 9.50. The fraction of sp³-hybridized carbons (Fsp3) is 0.520. The zero-order chi connectivity index (χ0) is 21.4. The van der Waals surface area contributed by atoms with E-state index in [2.05, 4.69) is 53.1 Å². The van der Waals surface area contributed by atoms with E-state index in [-0.39, 0.29) is 12.7 Å². The van der Waals surface area contributed by atoms with E-state index in [1.807, 2.05) is 0 Å². The molecule has 2 heterocycles. The van der Waals surface area contributed by atoms with Crippen LogP contribution in [0.1, 0.15) is 60.4 Å². The van der Waals surface area contributed by atoms with Crippen LogP contribution in [-0.2, 0) is 6.42 Å². The third-order valence-electron chi connectivity index (χ3n) is 7.14. The molecule has 0 saturated heterocycles. The summed E-state index contributed by atoms with van der Waals surface area (Å²) in [6.07, 6.45) is 9.17. The molecular formula is C25H31N3O2S. The van der Waals surface area contributed by atoms with Crippen molar-refractivity contribution >= 4 is 27.2 Å². The molecule has 1 atom stereocenters. The molecule has 0 bridgehead atoms. The average molecular weight is 438 g/mol. The van der Waals surface area contributed by atoms with Crippen molar-refractivity contribution < 1.29 is 9.84 Å². The van der Waals surface area contributed by atoms with E-state index in [1.165, 1.54) is 21.7 Å². The van der Waals surface area contributed by atoms with Crippen LogP contribution in [0.25, 0.3) is 10.2 Å². The number of fused-ring (bicyclic) bond motifs is 3. The van der Waals surface area contributed by atoms with Crippen molar-refractivity contribution in [2.75, 3.05) is 18.6 Å². The van der Waals surface area contributed by atoms with Gasteiger partial charge in [0.05, 0.1) is 5.39 Å². The maximum atomic E-state index is 9.50. The third-order valence-corrected chi connectivity index (χ3v) is 8.31. The standard InChI is InChI=1S/C25H31N3O2S/c1-16-5-3-4-6-20(16)28(2)18-8-10-19(11-9-18)30-24-23-22-17(13-14-29)7-12-21(22)31-25(23)27-15-26-24/h3-6,15,17-19,29H,7-14H2,1-2H3. The first-order valence-corrected chi connectivity index (χ1v) is 12.3. The van der Waals surface area contributed by atoms with Gasteiger partial charge < -0.3 is 14.7 Å². The van der Waals surface area contributed by atoms with Crippen LogP contribution in [0.4, 0.5) is 5.69 Å². The Labute approximate surface area is 188 Å². The minimum atomic E-state index is 0.202. The van der Waals surface area contributed by atoms with Gasteiger partial charge in [-0.05, 0) is 75.0 Å². The molecule has 1 unspecified atom stereocenters. The molecule has 0 spiro atoms. The summed E-state index contributed by atoms with van der Waals surface area (Å²) >= 11 is 1.78. The minimum absolute atomic E-state index is 0.202. The van der Waals surface area contributed by atoms with E-state index in [0.29, 0.717) is 12.0 Å². The third kappa shape index (κ3) is 3.92. The summed E-state index contributed by atoms with van der Waals surface area (Å²) in [5.41, 5.74) is 4.00. The molecule has 5 rings (SSSR count). The molecule has 0 amide bonds. The van der Waals surface area contributed by atoms with Crippen molar-refractivity contribution in [3.05, 3.63) is 46.6 Å². The number of rotatable bonds is 6. The molecule has 1 saturated carbocycles. The highest BCUT2D eigenvalue weighted by Gasteiger charge is 2.31. The quantitative estimate of drug-likeness (QED) is 0.572. The fourth-order valence-electron chi connectivity index (χ4n) is 5.44. The first kappa shape index (κ1) is 20.7. The predicted octanol–water partition coefficient (Wildman–Crippen LogP) is 5.24. The van der Waals surface area contributed by atoms with Gasteiger partial charge >= 0.3 is 0 Å². The number of nitrogens with zero attached hydrogens (tertiary/aromatic N) is 3. The summed E-state index contributed by atoms with van der Waals surface area (Å²) in [5, 5.41) is 10.6. The van der Waals surface area contributed by atoms with Crippen molar-refractivity contribution in [2.24, 2.45) is 0 Å². The van der Waals surface area contributed by atoms with Gasteiger partial charge in [-0.2, -0.15) is 0 Å². The van der Waals surface area contributed by atoms with Crippen LogP contribution in [0.3, 0.4) is 0 Å². The van der Waals surface area contributed by atoms with Gasteiger partial charge in [0.15, 0.2) is 0 Å². The van der Waals surface area contributed by atoms with Gasteiger partial charge in [-0.1, -0.05) is 18.2 Å². The van der Waals surface area contributed by atoms with Crippen LogP contribution in [0, 0.1) is 6.92 Å². The number of aromatic nitrogens is 2. The zero-order valence-corrected chi connectivity index (χ0v) is 19.2. The molecule has 1 fully saturated rings. The predicted molar refractivity (Wildman–Crippen MR) is 126 cm³/mol. The van der Waals surface area contributed by atoms with Gasteiger partial charge in [0.1, 0.15) is 17.3 Å². The summed E-state index contributed by atoms with van der Waals surface area (Å²) in [6.45, 7) is 2.41. The second-order valence-corrected chi connectivity index (χ2v) is 10.1. The van der Waals surface area contributed by atoms with E-state index in [1.54, 1.807) is 17.7 Å². The molecule has 164 valence electrons. The number of aliphatic hydroxyl groups excluding tert-OH is 1. The van der Waals surface area contributed by atoms with Gasteiger partial charge in [-0.3, -0.25) is 0 Å². The van der Waals surface area contributed by atoms with Gasteiger partial charge in [-0.25, -0.2) is 9.97 Å². The topological polar surface area (TPSA) is 58.5 Å². The monoisotopic (exact) mass is 437 g/mol. The Hall–Kier alpha value is -2.18. The Balaban J connectivity index is 1.30. The van der Waals surface area contributed by atoms with Crippen LogP contribution in [0.5, 0.6) is 5.88 Å². The Morgan fingerprint density at radius 3 is 2.71 bits per heavy atom. The number of hydrogen-bond acceptors (Lipinski definition) is 6. The summed E-state index contributed by atoms with van der Waals surface area (Å²) in [5.74, 6) is 1.16. The van der Waals surface area contributed by atoms with E-state index >= 15 is 0 Å². The molecule has 1 N–H and O–H groups in total. The number of hydrogen-bond donors (Lipinski definition) is 1. The normalized spacial score (nSPS) is 23.1. The van der Waals surface area contributed by atoms with Crippen LogP contribution in [0.2, 0.25) is 0 Å². The number of aryl methyl sites for hydroxylation is 2. The second kappa shape index (κ2) is 8.75. The maximum Gasteiger partial charge on any atom is 0.225 e. The van der Waals surface area contributed by atoms with Crippen molar-refractivity contribution in [2.45, 2.75) is 69.9 Å². The van der Waals surface area contributed by atoms with Crippen molar-refractivity contribution in [1.82, 2.24) is 9.97 Å². The highest BCUT2D eigenvalue weighted by atomic mass is 32.1. The highest BCUT2D eigenvalue weighted by Crippen LogP contribution is 2.47. The number of aliphatic hydroxyl groups is 1. The van der Waals surface area contributed by atoms with Crippen LogP contribution >= 0.6 is 11.3 Å². The largest absolute Gasteiger partial charge is 0.474 e. The molecule has 6 heteroatoms. The smallest absolute Gasteiger partial charge is 0.225 e. The number of para-hydroxylation sites is 1. The van der Waals surface area contributed by atoms with Crippen LogP contribution in [-0.4, -0.2) is 40.9 Å². The van der Waals surface area contributed by atoms with Crippen molar-refractivity contribution in [3.8, 4) is 5.88 Å². The molecule has 1 aromatic carbocycles. The molecule has 2 aliphatic rings. The zero-order valence-electron chi connectivity index (χ0n) is 18.4. The lowest BCUT2D eigenvalue weighted by atomic mass is 9.91.